The number of rotatable bonds is 4. The maximum absolute atomic E-state index is 12.6. The second-order valence-corrected chi connectivity index (χ2v) is 8.07. The van der Waals surface area contributed by atoms with E-state index in [1.165, 1.54) is 17.1 Å². The summed E-state index contributed by atoms with van der Waals surface area (Å²) in [4.78, 5) is 42.7. The molecule has 2 unspecified atom stereocenters. The van der Waals surface area contributed by atoms with Crippen molar-refractivity contribution in [2.75, 3.05) is 45.8 Å². The second kappa shape index (κ2) is 8.69. The average Bonchev–Trinajstić information content (AvgIpc) is 2.63. The van der Waals surface area contributed by atoms with Gasteiger partial charge in [0.15, 0.2) is 0 Å². The number of likely N-dealkylation sites (tertiary alicyclic amines) is 1. The Balaban J connectivity index is 1.46. The first kappa shape index (κ1) is 19.6. The summed E-state index contributed by atoms with van der Waals surface area (Å²) < 4.78 is 1.43. The Morgan fingerprint density at radius 2 is 1.56 bits per heavy atom. The van der Waals surface area contributed by atoms with E-state index in [9.17, 15) is 14.4 Å². The maximum atomic E-state index is 12.6. The molecular weight excluding hydrogens is 344 g/mol. The molecule has 3 rings (SSSR count). The van der Waals surface area contributed by atoms with Crippen LogP contribution in [-0.4, -0.2) is 76.9 Å². The van der Waals surface area contributed by atoms with Gasteiger partial charge in [-0.05, 0) is 24.3 Å². The van der Waals surface area contributed by atoms with E-state index >= 15 is 0 Å². The van der Waals surface area contributed by atoms with Crippen LogP contribution >= 0.6 is 0 Å². The SMILES string of the molecule is CC1CC(C)CN(C(=O)CN2CCN(C(=O)Cn3ccccc3=O)CC2)C1. The van der Waals surface area contributed by atoms with Crippen LogP contribution in [0.2, 0.25) is 0 Å². The Labute approximate surface area is 160 Å². The minimum absolute atomic E-state index is 0.0482. The van der Waals surface area contributed by atoms with E-state index in [-0.39, 0.29) is 23.9 Å². The summed E-state index contributed by atoms with van der Waals surface area (Å²) in [5.41, 5.74) is -0.167. The zero-order valence-electron chi connectivity index (χ0n) is 16.3. The molecule has 0 N–H and O–H groups in total. The lowest BCUT2D eigenvalue weighted by atomic mass is 9.92. The third-order valence-electron chi connectivity index (χ3n) is 5.51. The van der Waals surface area contributed by atoms with Gasteiger partial charge in [0.25, 0.3) is 5.56 Å². The maximum Gasteiger partial charge on any atom is 0.250 e. The monoisotopic (exact) mass is 374 g/mol. The number of amides is 2. The van der Waals surface area contributed by atoms with Crippen LogP contribution in [0.1, 0.15) is 20.3 Å². The normalized spacial score (nSPS) is 24.1. The fraction of sp³-hybridized carbons (Fsp3) is 0.650. The Kier molecular flexibility index (Phi) is 6.31. The molecule has 7 heteroatoms. The number of hydrogen-bond acceptors (Lipinski definition) is 4. The molecule has 0 spiro atoms. The third kappa shape index (κ3) is 5.19. The highest BCUT2D eigenvalue weighted by atomic mass is 16.2. The molecular formula is C20H30N4O3. The summed E-state index contributed by atoms with van der Waals surface area (Å²) in [7, 11) is 0. The Morgan fingerprint density at radius 1 is 0.926 bits per heavy atom. The lowest BCUT2D eigenvalue weighted by Gasteiger charge is -2.38. The zero-order valence-corrected chi connectivity index (χ0v) is 16.3. The van der Waals surface area contributed by atoms with E-state index < -0.39 is 0 Å². The molecule has 2 aliphatic heterocycles. The van der Waals surface area contributed by atoms with Crippen molar-refractivity contribution in [3.8, 4) is 0 Å². The highest BCUT2D eigenvalue weighted by Gasteiger charge is 2.28. The van der Waals surface area contributed by atoms with Gasteiger partial charge in [-0.25, -0.2) is 0 Å². The number of nitrogens with zero attached hydrogens (tertiary/aromatic N) is 4. The van der Waals surface area contributed by atoms with E-state index in [1.807, 2.05) is 4.90 Å². The lowest BCUT2D eigenvalue weighted by molar-refractivity contribution is -0.137. The van der Waals surface area contributed by atoms with Crippen LogP contribution in [0.3, 0.4) is 0 Å². The first-order valence-electron chi connectivity index (χ1n) is 9.85. The van der Waals surface area contributed by atoms with E-state index in [1.54, 1.807) is 23.2 Å². The molecule has 2 aliphatic rings. The highest BCUT2D eigenvalue weighted by Crippen LogP contribution is 2.21. The smallest absolute Gasteiger partial charge is 0.250 e. The van der Waals surface area contributed by atoms with E-state index in [0.717, 1.165) is 13.1 Å². The molecule has 2 atom stereocenters. The van der Waals surface area contributed by atoms with Gasteiger partial charge in [0.1, 0.15) is 6.54 Å². The van der Waals surface area contributed by atoms with Crippen molar-refractivity contribution in [2.24, 2.45) is 11.8 Å². The first-order valence-corrected chi connectivity index (χ1v) is 9.85. The van der Waals surface area contributed by atoms with Crippen molar-refractivity contribution in [3.05, 3.63) is 34.7 Å². The van der Waals surface area contributed by atoms with Gasteiger partial charge in [0.2, 0.25) is 11.8 Å². The van der Waals surface area contributed by atoms with Crippen molar-refractivity contribution in [2.45, 2.75) is 26.8 Å². The topological polar surface area (TPSA) is 65.9 Å². The number of pyridine rings is 1. The number of hydrogen-bond donors (Lipinski definition) is 0. The van der Waals surface area contributed by atoms with Gasteiger partial charge in [0.05, 0.1) is 6.54 Å². The van der Waals surface area contributed by atoms with Gasteiger partial charge in [0, 0.05) is 51.5 Å². The largest absolute Gasteiger partial charge is 0.341 e. The Bertz CT molecular complexity index is 714. The van der Waals surface area contributed by atoms with Crippen LogP contribution in [0.5, 0.6) is 0 Å². The fourth-order valence-corrected chi connectivity index (χ4v) is 4.15. The average molecular weight is 374 g/mol. The number of piperidine rings is 1. The quantitative estimate of drug-likeness (QED) is 0.770. The zero-order chi connectivity index (χ0) is 19.4. The summed E-state index contributed by atoms with van der Waals surface area (Å²) in [5, 5.41) is 0. The van der Waals surface area contributed by atoms with Crippen LogP contribution in [-0.2, 0) is 16.1 Å². The van der Waals surface area contributed by atoms with Crippen LogP contribution in [0.25, 0.3) is 0 Å². The van der Waals surface area contributed by atoms with Crippen molar-refractivity contribution in [1.29, 1.82) is 0 Å². The summed E-state index contributed by atoms with van der Waals surface area (Å²) in [6.45, 7) is 9.21. The molecule has 0 saturated carbocycles. The minimum Gasteiger partial charge on any atom is -0.341 e. The van der Waals surface area contributed by atoms with E-state index in [0.29, 0.717) is 44.6 Å². The summed E-state index contributed by atoms with van der Waals surface area (Å²) in [6.07, 6.45) is 2.82. The van der Waals surface area contributed by atoms with Gasteiger partial charge >= 0.3 is 0 Å². The van der Waals surface area contributed by atoms with Crippen molar-refractivity contribution in [3.63, 3.8) is 0 Å². The fourth-order valence-electron chi connectivity index (χ4n) is 4.15. The summed E-state index contributed by atoms with van der Waals surface area (Å²) in [5.74, 6) is 1.28. The number of piperazine rings is 1. The molecule has 2 fully saturated rings. The molecule has 148 valence electrons. The molecule has 2 amide bonds. The van der Waals surface area contributed by atoms with Crippen LogP contribution in [0.4, 0.5) is 0 Å². The summed E-state index contributed by atoms with van der Waals surface area (Å²) >= 11 is 0. The Hall–Kier alpha value is -2.15. The predicted octanol–water partition coefficient (Wildman–Crippen LogP) is 0.497. The second-order valence-electron chi connectivity index (χ2n) is 8.07. The van der Waals surface area contributed by atoms with Crippen molar-refractivity contribution >= 4 is 11.8 Å². The van der Waals surface area contributed by atoms with Crippen LogP contribution in [0, 0.1) is 11.8 Å². The third-order valence-corrected chi connectivity index (χ3v) is 5.51. The number of aromatic nitrogens is 1. The molecule has 3 heterocycles. The van der Waals surface area contributed by atoms with Gasteiger partial charge < -0.3 is 14.4 Å². The standard InChI is InChI=1S/C20H30N4O3/c1-16-11-17(2)13-24(12-16)19(26)14-21-7-9-22(10-8-21)20(27)15-23-6-4-3-5-18(23)25/h3-6,16-17H,7-15H2,1-2H3. The molecule has 0 aliphatic carbocycles. The first-order chi connectivity index (χ1) is 12.9. The molecule has 7 nitrogen and oxygen atoms in total. The number of carbonyl (C=O) groups excluding carboxylic acids is 2. The lowest BCUT2D eigenvalue weighted by Crippen LogP contribution is -2.53. The van der Waals surface area contributed by atoms with E-state index in [4.69, 9.17) is 0 Å². The molecule has 2 saturated heterocycles. The van der Waals surface area contributed by atoms with Crippen molar-refractivity contribution < 1.29 is 9.59 Å². The van der Waals surface area contributed by atoms with Gasteiger partial charge in [-0.3, -0.25) is 19.3 Å². The molecule has 1 aromatic rings. The molecule has 0 bridgehead atoms. The van der Waals surface area contributed by atoms with E-state index in [2.05, 4.69) is 18.7 Å². The predicted molar refractivity (Wildman–Crippen MR) is 103 cm³/mol. The molecule has 0 aromatic carbocycles. The number of carbonyl (C=O) groups is 2. The highest BCUT2D eigenvalue weighted by molar-refractivity contribution is 5.78. The van der Waals surface area contributed by atoms with Gasteiger partial charge in [-0.1, -0.05) is 19.9 Å². The minimum atomic E-state index is -0.167. The molecule has 0 radical (unpaired) electrons. The van der Waals surface area contributed by atoms with Gasteiger partial charge in [-0.15, -0.1) is 0 Å². The Morgan fingerprint density at radius 3 is 2.19 bits per heavy atom. The van der Waals surface area contributed by atoms with Crippen LogP contribution in [0.15, 0.2) is 29.2 Å². The molecule has 1 aromatic heterocycles. The molecule has 27 heavy (non-hydrogen) atoms. The summed E-state index contributed by atoms with van der Waals surface area (Å²) in [6, 6.07) is 4.88. The van der Waals surface area contributed by atoms with Crippen LogP contribution < -0.4 is 5.56 Å². The van der Waals surface area contributed by atoms with Crippen molar-refractivity contribution in [1.82, 2.24) is 19.3 Å². The van der Waals surface area contributed by atoms with Gasteiger partial charge in [-0.2, -0.15) is 0 Å².